The fourth-order valence-corrected chi connectivity index (χ4v) is 5.10. The number of anilines is 5. The Morgan fingerprint density at radius 1 is 1.21 bits per heavy atom. The zero-order valence-corrected chi connectivity index (χ0v) is 24.7. The fourth-order valence-electron chi connectivity index (χ4n) is 4.96. The zero-order valence-electron chi connectivity index (χ0n) is 24.0. The Morgan fingerprint density at radius 3 is 2.67 bits per heavy atom. The second kappa shape index (κ2) is 12.7. The first kappa shape index (κ1) is 30.7. The van der Waals surface area contributed by atoms with E-state index in [0.717, 1.165) is 5.56 Å². The van der Waals surface area contributed by atoms with Crippen molar-refractivity contribution >= 4 is 58.2 Å². The highest BCUT2D eigenvalue weighted by Gasteiger charge is 2.39. The summed E-state index contributed by atoms with van der Waals surface area (Å²) in [7, 11) is 2.87. The number of nitrogens with one attached hydrogen (secondary N) is 4. The van der Waals surface area contributed by atoms with Gasteiger partial charge in [-0.1, -0.05) is 37.6 Å². The molecule has 42 heavy (non-hydrogen) atoms. The maximum atomic E-state index is 14.7. The van der Waals surface area contributed by atoms with Crippen molar-refractivity contribution in [1.29, 1.82) is 0 Å². The lowest BCUT2D eigenvalue weighted by Gasteiger charge is -2.28. The lowest BCUT2D eigenvalue weighted by Crippen LogP contribution is -2.49. The van der Waals surface area contributed by atoms with E-state index in [1.807, 2.05) is 39.0 Å². The van der Waals surface area contributed by atoms with Crippen LogP contribution in [-0.2, 0) is 19.7 Å². The average molecular weight is 598 g/mol. The lowest BCUT2D eigenvalue weighted by molar-refractivity contribution is -0.130. The van der Waals surface area contributed by atoms with E-state index in [4.69, 9.17) is 16.3 Å². The van der Waals surface area contributed by atoms with Gasteiger partial charge in [0.05, 0.1) is 17.4 Å². The van der Waals surface area contributed by atoms with Crippen molar-refractivity contribution in [1.82, 2.24) is 20.6 Å². The van der Waals surface area contributed by atoms with E-state index >= 15 is 0 Å². The molecule has 3 aromatic rings. The number of fused-ring (bicyclic) bond motifs is 1. The number of halogens is 2. The number of likely N-dealkylation sites (N-methyl/N-ethyl adjacent to an activating group) is 1. The van der Waals surface area contributed by atoms with Crippen molar-refractivity contribution in [3.63, 3.8) is 0 Å². The van der Waals surface area contributed by atoms with Crippen LogP contribution in [0.3, 0.4) is 0 Å². The molecule has 0 spiro atoms. The molecular formula is C29H33ClFN7O4. The lowest BCUT2D eigenvalue weighted by atomic mass is 9.79. The quantitative estimate of drug-likeness (QED) is 0.287. The van der Waals surface area contributed by atoms with Crippen LogP contribution in [0.4, 0.5) is 33.2 Å². The number of rotatable bonds is 9. The number of carbonyl (C=O) groups excluding carboxylic acids is 3. The molecule has 3 amide bonds. The molecule has 4 N–H and O–H groups in total. The van der Waals surface area contributed by atoms with Gasteiger partial charge in [-0.05, 0) is 48.6 Å². The van der Waals surface area contributed by atoms with E-state index in [1.165, 1.54) is 38.6 Å². The molecule has 222 valence electrons. The molecule has 11 nitrogen and oxygen atoms in total. The molecule has 1 unspecified atom stereocenters. The third-order valence-corrected chi connectivity index (χ3v) is 7.23. The van der Waals surface area contributed by atoms with Gasteiger partial charge in [-0.2, -0.15) is 4.98 Å². The Hall–Kier alpha value is -4.29. The molecule has 2 heterocycles. The van der Waals surface area contributed by atoms with Crippen molar-refractivity contribution in [2.45, 2.75) is 38.6 Å². The first-order valence-corrected chi connectivity index (χ1v) is 13.7. The zero-order chi connectivity index (χ0) is 30.6. The van der Waals surface area contributed by atoms with Gasteiger partial charge in [0.25, 0.3) is 5.91 Å². The summed E-state index contributed by atoms with van der Waals surface area (Å²) < 4.78 is 19.6. The number of hydrogen-bond donors (Lipinski definition) is 4. The Morgan fingerprint density at radius 2 is 1.98 bits per heavy atom. The molecule has 0 bridgehead atoms. The second-order valence-electron chi connectivity index (χ2n) is 10.3. The maximum absolute atomic E-state index is 14.7. The predicted octanol–water partition coefficient (Wildman–Crippen LogP) is 4.28. The third kappa shape index (κ3) is 6.44. The fraction of sp³-hybridized carbons (Fsp3) is 0.345. The first-order chi connectivity index (χ1) is 20.0. The van der Waals surface area contributed by atoms with E-state index in [-0.39, 0.29) is 46.5 Å². The molecule has 1 atom stereocenters. The minimum absolute atomic E-state index is 0.0797. The van der Waals surface area contributed by atoms with E-state index in [1.54, 1.807) is 4.90 Å². The number of ether oxygens (including phenoxy) is 1. The summed E-state index contributed by atoms with van der Waals surface area (Å²) >= 11 is 6.31. The minimum atomic E-state index is -0.724. The Kier molecular flexibility index (Phi) is 9.27. The van der Waals surface area contributed by atoms with Gasteiger partial charge in [0.1, 0.15) is 23.5 Å². The predicted molar refractivity (Wildman–Crippen MR) is 159 cm³/mol. The normalized spacial score (nSPS) is 15.8. The highest BCUT2D eigenvalue weighted by atomic mass is 35.5. The number of hydrogen-bond acceptors (Lipinski definition) is 8. The summed E-state index contributed by atoms with van der Waals surface area (Å²) in [6, 6.07) is 8.99. The summed E-state index contributed by atoms with van der Waals surface area (Å²) in [5.74, 6) is -1.50. The summed E-state index contributed by atoms with van der Waals surface area (Å²) in [6.07, 6.45) is 1.75. The van der Waals surface area contributed by atoms with E-state index < -0.39 is 23.2 Å². The van der Waals surface area contributed by atoms with Gasteiger partial charge in [-0.15, -0.1) is 0 Å². The summed E-state index contributed by atoms with van der Waals surface area (Å²) in [5, 5.41) is 11.3. The van der Waals surface area contributed by atoms with Gasteiger partial charge in [0.15, 0.2) is 5.82 Å². The molecule has 2 aromatic carbocycles. The molecule has 4 rings (SSSR count). The van der Waals surface area contributed by atoms with Gasteiger partial charge in [0, 0.05) is 32.1 Å². The van der Waals surface area contributed by atoms with Gasteiger partial charge < -0.3 is 30.9 Å². The van der Waals surface area contributed by atoms with Crippen LogP contribution in [0.2, 0.25) is 5.02 Å². The average Bonchev–Trinajstić information content (AvgIpc) is 3.02. The Labute approximate surface area is 248 Å². The number of aromatic nitrogens is 2. The minimum Gasteiger partial charge on any atom is -0.375 e. The Bertz CT molecular complexity index is 1520. The number of carbonyl (C=O) groups is 3. The van der Waals surface area contributed by atoms with Crippen molar-refractivity contribution in [2.75, 3.05) is 42.8 Å². The van der Waals surface area contributed by atoms with Gasteiger partial charge in [0.2, 0.25) is 17.8 Å². The molecular weight excluding hydrogens is 565 g/mol. The van der Waals surface area contributed by atoms with Crippen LogP contribution in [-0.4, -0.2) is 61.0 Å². The topological polar surface area (TPSA) is 138 Å². The largest absolute Gasteiger partial charge is 0.375 e. The summed E-state index contributed by atoms with van der Waals surface area (Å²) in [5.41, 5.74) is 1.76. The second-order valence-corrected chi connectivity index (χ2v) is 10.7. The summed E-state index contributed by atoms with van der Waals surface area (Å²) in [6.45, 7) is 6.15. The third-order valence-electron chi connectivity index (χ3n) is 6.95. The van der Waals surface area contributed by atoms with Crippen LogP contribution >= 0.6 is 11.6 Å². The van der Waals surface area contributed by atoms with Crippen LogP contribution in [0.25, 0.3) is 0 Å². The molecule has 13 heteroatoms. The number of nitrogens with zero attached hydrogens (tertiary/aromatic N) is 3. The van der Waals surface area contributed by atoms with E-state index in [2.05, 4.69) is 31.2 Å². The molecule has 0 saturated carbocycles. The number of benzene rings is 2. The molecule has 1 aromatic heterocycles. The number of amides is 3. The molecule has 0 aliphatic carbocycles. The highest BCUT2D eigenvalue weighted by Crippen LogP contribution is 2.41. The highest BCUT2D eigenvalue weighted by molar-refractivity contribution is 6.33. The van der Waals surface area contributed by atoms with Gasteiger partial charge in [-0.25, -0.2) is 9.37 Å². The monoisotopic (exact) mass is 597 g/mol. The molecule has 1 aliphatic heterocycles. The van der Waals surface area contributed by atoms with Gasteiger partial charge in [-0.3, -0.25) is 14.4 Å². The standard InChI is InChI=1S/C29H33ClFN7O4/c1-6-38-22-12-16(10-11-18(22)29(2,3)13-21(27(38)41)35-23(39)15-42-5)34-28-33-14-19(30)25(37-28)36-24-17(26(40)32-4)8-7-9-20(24)31/h7-12,14,21H,6,13,15H2,1-5H3,(H,32,40)(H,35,39)(H2,33,34,36,37). The van der Waals surface area contributed by atoms with Crippen molar-refractivity contribution in [3.05, 3.63) is 64.6 Å². The SMILES string of the molecule is CCN1C(=O)C(NC(=O)COC)CC(C)(C)c2ccc(Nc3ncc(Cl)c(Nc4c(F)cccc4C(=O)NC)n3)cc21. The smallest absolute Gasteiger partial charge is 0.253 e. The number of methoxy groups -OCH3 is 1. The van der Waals surface area contributed by atoms with Crippen molar-refractivity contribution in [3.8, 4) is 0 Å². The van der Waals surface area contributed by atoms with Crippen LogP contribution < -0.4 is 26.2 Å². The Balaban J connectivity index is 1.65. The van der Waals surface area contributed by atoms with Crippen LogP contribution in [0.1, 0.15) is 43.1 Å². The summed E-state index contributed by atoms with van der Waals surface area (Å²) in [4.78, 5) is 48.4. The van der Waals surface area contributed by atoms with E-state index in [9.17, 15) is 18.8 Å². The van der Waals surface area contributed by atoms with Crippen LogP contribution in [0, 0.1) is 5.82 Å². The van der Waals surface area contributed by atoms with Gasteiger partial charge >= 0.3 is 0 Å². The van der Waals surface area contributed by atoms with Crippen molar-refractivity contribution < 1.29 is 23.5 Å². The van der Waals surface area contributed by atoms with Crippen molar-refractivity contribution in [2.24, 2.45) is 0 Å². The molecule has 1 aliphatic rings. The molecule has 0 saturated heterocycles. The first-order valence-electron chi connectivity index (χ1n) is 13.3. The number of para-hydroxylation sites is 1. The molecule has 0 radical (unpaired) electrons. The molecule has 0 fully saturated rings. The van der Waals surface area contributed by atoms with Crippen LogP contribution in [0.15, 0.2) is 42.6 Å². The van der Waals surface area contributed by atoms with Crippen LogP contribution in [0.5, 0.6) is 0 Å². The van der Waals surface area contributed by atoms with E-state index in [0.29, 0.717) is 24.3 Å². The maximum Gasteiger partial charge on any atom is 0.253 e.